The van der Waals surface area contributed by atoms with Crippen LogP contribution in [0.15, 0.2) is 57.6 Å². The molecule has 0 fully saturated rings. The van der Waals surface area contributed by atoms with E-state index in [1.807, 2.05) is 6.07 Å². The highest BCUT2D eigenvalue weighted by atomic mass is 16.6. The van der Waals surface area contributed by atoms with Crippen molar-refractivity contribution in [3.8, 4) is 22.8 Å². The van der Waals surface area contributed by atoms with Gasteiger partial charge in [-0.25, -0.2) is 4.98 Å². The van der Waals surface area contributed by atoms with Gasteiger partial charge in [-0.2, -0.15) is 0 Å². The van der Waals surface area contributed by atoms with Gasteiger partial charge in [0.1, 0.15) is 13.2 Å². The normalized spacial score (nSPS) is 13.3. The van der Waals surface area contributed by atoms with Gasteiger partial charge in [-0.15, -0.1) is 10.2 Å². The first-order chi connectivity index (χ1) is 11.8. The lowest BCUT2D eigenvalue weighted by Gasteiger charge is -2.18. The summed E-state index contributed by atoms with van der Waals surface area (Å²) in [6.07, 6.45) is 1.61. The number of hydrogen-bond donors (Lipinski definition) is 2. The monoisotopic (exact) mass is 323 g/mol. The fraction of sp³-hybridized carbons (Fsp3) is 0.125. The summed E-state index contributed by atoms with van der Waals surface area (Å²) in [6.45, 7) is 1.02. The molecule has 0 saturated heterocycles. The third-order valence-corrected chi connectivity index (χ3v) is 3.49. The highest BCUT2D eigenvalue weighted by molar-refractivity contribution is 5.73. The standard InChI is InChI=1S/C16H13N5O3/c22-16-15(20-18-13-3-1-2-6-17-13)14(19-21-16)10-4-5-11-12(9-10)24-8-7-23-11/h1-6,9H,7-8H2,(H2,19,21,22). The zero-order valence-electron chi connectivity index (χ0n) is 12.5. The van der Waals surface area contributed by atoms with E-state index in [-0.39, 0.29) is 11.2 Å². The summed E-state index contributed by atoms with van der Waals surface area (Å²) in [5.41, 5.74) is 1.08. The first-order valence-electron chi connectivity index (χ1n) is 7.35. The maximum Gasteiger partial charge on any atom is 0.292 e. The zero-order valence-corrected chi connectivity index (χ0v) is 12.5. The van der Waals surface area contributed by atoms with Crippen molar-refractivity contribution < 1.29 is 9.47 Å². The van der Waals surface area contributed by atoms with Crippen LogP contribution >= 0.6 is 0 Å². The summed E-state index contributed by atoms with van der Waals surface area (Å²) >= 11 is 0. The van der Waals surface area contributed by atoms with Crippen LogP contribution < -0.4 is 15.0 Å². The van der Waals surface area contributed by atoms with Crippen molar-refractivity contribution in [2.75, 3.05) is 13.2 Å². The van der Waals surface area contributed by atoms with Gasteiger partial charge in [0.05, 0.1) is 5.69 Å². The van der Waals surface area contributed by atoms with Crippen LogP contribution in [0.1, 0.15) is 0 Å². The van der Waals surface area contributed by atoms with Crippen molar-refractivity contribution in [3.05, 3.63) is 52.9 Å². The lowest BCUT2D eigenvalue weighted by molar-refractivity contribution is 0.171. The molecule has 2 aromatic heterocycles. The van der Waals surface area contributed by atoms with Gasteiger partial charge < -0.3 is 9.47 Å². The smallest absolute Gasteiger partial charge is 0.292 e. The van der Waals surface area contributed by atoms with Crippen molar-refractivity contribution >= 4 is 11.5 Å². The maximum absolute atomic E-state index is 12.0. The molecule has 0 atom stereocenters. The van der Waals surface area contributed by atoms with E-state index >= 15 is 0 Å². The molecule has 0 saturated carbocycles. The molecule has 0 bridgehead atoms. The number of rotatable bonds is 3. The number of H-pyrrole nitrogens is 2. The number of aromatic amines is 2. The number of hydrogen-bond acceptors (Lipinski definition) is 6. The number of pyridine rings is 1. The predicted molar refractivity (Wildman–Crippen MR) is 86.3 cm³/mol. The summed E-state index contributed by atoms with van der Waals surface area (Å²) in [7, 11) is 0. The van der Waals surface area contributed by atoms with Gasteiger partial charge in [0.25, 0.3) is 5.56 Å². The number of fused-ring (bicyclic) bond motifs is 1. The fourth-order valence-corrected chi connectivity index (χ4v) is 2.37. The number of nitrogens with one attached hydrogen (secondary N) is 2. The topological polar surface area (TPSA) is 105 Å². The summed E-state index contributed by atoms with van der Waals surface area (Å²) in [5, 5.41) is 13.4. The Morgan fingerprint density at radius 1 is 1.00 bits per heavy atom. The van der Waals surface area contributed by atoms with Crippen molar-refractivity contribution in [2.45, 2.75) is 0 Å². The molecule has 0 aliphatic carbocycles. The molecule has 0 unspecified atom stereocenters. The second kappa shape index (κ2) is 5.99. The average Bonchev–Trinajstić information content (AvgIpc) is 3.01. The molecule has 0 radical (unpaired) electrons. The molecule has 2 N–H and O–H groups in total. The SMILES string of the molecule is O=c1[nH][nH]c(-c2ccc3c(c2)OCCO3)c1N=Nc1ccccn1. The van der Waals surface area contributed by atoms with Crippen molar-refractivity contribution in [2.24, 2.45) is 10.2 Å². The Kier molecular flexibility index (Phi) is 3.54. The van der Waals surface area contributed by atoms with E-state index < -0.39 is 0 Å². The molecule has 1 aliphatic heterocycles. The van der Waals surface area contributed by atoms with Gasteiger partial charge in [0.15, 0.2) is 23.0 Å². The molecular formula is C16H13N5O3. The van der Waals surface area contributed by atoms with Crippen LogP contribution in [0.4, 0.5) is 11.5 Å². The molecule has 1 aliphatic rings. The minimum absolute atomic E-state index is 0.178. The van der Waals surface area contributed by atoms with Gasteiger partial charge in [-0.3, -0.25) is 15.0 Å². The molecule has 8 heteroatoms. The van der Waals surface area contributed by atoms with E-state index in [2.05, 4.69) is 25.4 Å². The minimum atomic E-state index is -0.362. The molecule has 0 spiro atoms. The quantitative estimate of drug-likeness (QED) is 0.723. The Balaban J connectivity index is 1.72. The average molecular weight is 323 g/mol. The first kappa shape index (κ1) is 14.2. The Labute approximate surface area is 136 Å². The molecule has 8 nitrogen and oxygen atoms in total. The van der Waals surface area contributed by atoms with Crippen LogP contribution in [0.5, 0.6) is 11.5 Å². The minimum Gasteiger partial charge on any atom is -0.486 e. The first-order valence-corrected chi connectivity index (χ1v) is 7.35. The van der Waals surface area contributed by atoms with Crippen LogP contribution in [-0.4, -0.2) is 28.4 Å². The van der Waals surface area contributed by atoms with Gasteiger partial charge in [-0.05, 0) is 30.3 Å². The Hall–Kier alpha value is -3.42. The van der Waals surface area contributed by atoms with E-state index in [4.69, 9.17) is 9.47 Å². The van der Waals surface area contributed by atoms with Gasteiger partial charge >= 0.3 is 0 Å². The van der Waals surface area contributed by atoms with E-state index in [0.717, 1.165) is 5.56 Å². The number of nitrogens with zero attached hydrogens (tertiary/aromatic N) is 3. The highest BCUT2D eigenvalue weighted by Gasteiger charge is 2.16. The largest absolute Gasteiger partial charge is 0.486 e. The third kappa shape index (κ3) is 2.65. The Bertz CT molecular complexity index is 946. The Morgan fingerprint density at radius 2 is 1.88 bits per heavy atom. The van der Waals surface area contributed by atoms with Crippen LogP contribution in [0.25, 0.3) is 11.3 Å². The molecule has 3 aromatic rings. The predicted octanol–water partition coefficient (Wildman–Crippen LogP) is 2.95. The summed E-state index contributed by atoms with van der Waals surface area (Å²) in [6, 6.07) is 10.7. The van der Waals surface area contributed by atoms with E-state index in [0.29, 0.717) is 36.2 Å². The van der Waals surface area contributed by atoms with Crippen LogP contribution in [0.2, 0.25) is 0 Å². The summed E-state index contributed by atoms with van der Waals surface area (Å²) < 4.78 is 11.1. The molecule has 0 amide bonds. The second-order valence-electron chi connectivity index (χ2n) is 5.05. The third-order valence-electron chi connectivity index (χ3n) is 3.49. The van der Waals surface area contributed by atoms with Crippen LogP contribution in [0, 0.1) is 0 Å². The lowest BCUT2D eigenvalue weighted by Crippen LogP contribution is -2.15. The van der Waals surface area contributed by atoms with Crippen molar-refractivity contribution in [1.29, 1.82) is 0 Å². The number of benzene rings is 1. The number of ether oxygens (including phenoxy) is 2. The van der Waals surface area contributed by atoms with Crippen molar-refractivity contribution in [3.63, 3.8) is 0 Å². The fourth-order valence-electron chi connectivity index (χ4n) is 2.37. The molecular weight excluding hydrogens is 310 g/mol. The molecule has 120 valence electrons. The Morgan fingerprint density at radius 3 is 2.71 bits per heavy atom. The maximum atomic E-state index is 12.0. The van der Waals surface area contributed by atoms with Crippen LogP contribution in [0.3, 0.4) is 0 Å². The van der Waals surface area contributed by atoms with Gasteiger partial charge in [-0.1, -0.05) is 6.07 Å². The second-order valence-corrected chi connectivity index (χ2v) is 5.05. The summed E-state index contributed by atoms with van der Waals surface area (Å²) in [4.78, 5) is 16.1. The van der Waals surface area contributed by atoms with Gasteiger partial charge in [0.2, 0.25) is 0 Å². The summed E-state index contributed by atoms with van der Waals surface area (Å²) in [5.74, 6) is 1.74. The molecule has 24 heavy (non-hydrogen) atoms. The van der Waals surface area contributed by atoms with E-state index in [9.17, 15) is 4.79 Å². The van der Waals surface area contributed by atoms with Crippen LogP contribution in [-0.2, 0) is 0 Å². The number of aromatic nitrogens is 3. The lowest BCUT2D eigenvalue weighted by atomic mass is 10.1. The van der Waals surface area contributed by atoms with E-state index in [1.54, 1.807) is 36.5 Å². The van der Waals surface area contributed by atoms with Crippen molar-refractivity contribution in [1.82, 2.24) is 15.2 Å². The highest BCUT2D eigenvalue weighted by Crippen LogP contribution is 2.36. The molecule has 1 aromatic carbocycles. The van der Waals surface area contributed by atoms with E-state index in [1.165, 1.54) is 0 Å². The molecule has 3 heterocycles. The molecule has 4 rings (SSSR count). The van der Waals surface area contributed by atoms with Gasteiger partial charge in [0, 0.05) is 11.8 Å². The number of azo groups is 1. The zero-order chi connectivity index (χ0) is 16.4.